The Bertz CT molecular complexity index is 697. The second kappa shape index (κ2) is 9.11. The molecule has 2 aromatic rings. The predicted octanol–water partition coefficient (Wildman–Crippen LogP) is 3.66. The number of nitrogens with two attached hydrogens (primary N) is 1. The average Bonchev–Trinajstić information content (AvgIpc) is 2.51. The predicted molar refractivity (Wildman–Crippen MR) is 106 cm³/mol. The van der Waals surface area contributed by atoms with Crippen molar-refractivity contribution in [3.05, 3.63) is 46.6 Å². The van der Waals surface area contributed by atoms with Crippen LogP contribution in [0.15, 0.2) is 41.0 Å². The molecule has 1 aliphatic rings. The summed E-state index contributed by atoms with van der Waals surface area (Å²) < 4.78 is 0.880. The zero-order chi connectivity index (χ0) is 15.5. The molecular weight excluding hydrogens is 415 g/mol. The first-order chi connectivity index (χ1) is 10.6. The third-order valence-electron chi connectivity index (χ3n) is 3.71. The molecule has 3 N–H and O–H groups in total. The summed E-state index contributed by atoms with van der Waals surface area (Å²) in [5.41, 5.74) is 9.04. The van der Waals surface area contributed by atoms with Gasteiger partial charge in [-0.25, -0.2) is 4.98 Å². The van der Waals surface area contributed by atoms with Crippen LogP contribution in [0.4, 0.5) is 17.2 Å². The van der Waals surface area contributed by atoms with Crippen molar-refractivity contribution >= 4 is 63.8 Å². The normalized spacial score (nSPS) is 12.5. The molecule has 0 saturated carbocycles. The van der Waals surface area contributed by atoms with E-state index in [1.807, 2.05) is 24.3 Å². The number of aromatic nitrogens is 1. The highest BCUT2D eigenvalue weighted by Gasteiger charge is 2.20. The topological polar surface area (TPSA) is 71.2 Å². The van der Waals surface area contributed by atoms with Crippen molar-refractivity contribution in [1.29, 1.82) is 0 Å². The number of anilines is 3. The van der Waals surface area contributed by atoms with E-state index >= 15 is 0 Å². The first-order valence-electron chi connectivity index (χ1n) is 7.17. The molecule has 1 aliphatic heterocycles. The summed E-state index contributed by atoms with van der Waals surface area (Å²) in [5.74, 6) is 0.475. The number of benzene rings is 1. The maximum absolute atomic E-state index is 12.2. The molecule has 24 heavy (non-hydrogen) atoms. The minimum absolute atomic E-state index is 0. The third-order valence-corrected chi connectivity index (χ3v) is 4.18. The largest absolute Gasteiger partial charge is 0.398 e. The molecule has 0 fully saturated rings. The second-order valence-corrected chi connectivity index (χ2v) is 6.20. The van der Waals surface area contributed by atoms with E-state index in [-0.39, 0.29) is 30.7 Å². The van der Waals surface area contributed by atoms with E-state index in [4.69, 9.17) is 5.73 Å². The molecule has 0 saturated heterocycles. The molecule has 0 atom stereocenters. The van der Waals surface area contributed by atoms with Gasteiger partial charge in [-0.05, 0) is 58.6 Å². The van der Waals surface area contributed by atoms with Crippen LogP contribution < -0.4 is 16.0 Å². The van der Waals surface area contributed by atoms with Gasteiger partial charge < -0.3 is 16.0 Å². The summed E-state index contributed by atoms with van der Waals surface area (Å²) in [5, 5.41) is 2.82. The standard InChI is InChI=1S/C16H17BrN4O.2ClH/c17-11-6-7-15(19-9-11)20-16(22)10-21-8-2-3-12-13(18)4-1-5-14(12)21;;/h1,4-7,9H,2-3,8,10,18H2,(H,19,20,22);2*1H. The molecule has 0 bridgehead atoms. The molecule has 0 radical (unpaired) electrons. The van der Waals surface area contributed by atoms with Crippen molar-refractivity contribution in [3.8, 4) is 0 Å². The Balaban J connectivity index is 0.00000144. The number of amides is 1. The molecule has 3 rings (SSSR count). The van der Waals surface area contributed by atoms with Crippen molar-refractivity contribution in [2.45, 2.75) is 12.8 Å². The van der Waals surface area contributed by atoms with Gasteiger partial charge in [0.1, 0.15) is 5.82 Å². The molecular formula is C16H19BrCl2N4O. The number of carbonyl (C=O) groups is 1. The SMILES string of the molecule is Cl.Cl.Nc1cccc2c1CCCN2CC(=O)Nc1ccc(Br)cn1. The van der Waals surface area contributed by atoms with Gasteiger partial charge in [0.25, 0.3) is 0 Å². The minimum Gasteiger partial charge on any atom is -0.398 e. The maximum atomic E-state index is 12.2. The number of carbonyl (C=O) groups excluding carboxylic acids is 1. The fraction of sp³-hybridized carbons (Fsp3) is 0.250. The second-order valence-electron chi connectivity index (χ2n) is 5.28. The quantitative estimate of drug-likeness (QED) is 0.724. The van der Waals surface area contributed by atoms with Crippen LogP contribution in [-0.4, -0.2) is 24.0 Å². The molecule has 8 heteroatoms. The molecule has 0 aliphatic carbocycles. The van der Waals surface area contributed by atoms with E-state index < -0.39 is 0 Å². The van der Waals surface area contributed by atoms with E-state index in [0.717, 1.165) is 40.8 Å². The van der Waals surface area contributed by atoms with Gasteiger partial charge in [0.05, 0.1) is 6.54 Å². The Hall–Kier alpha value is -1.50. The number of nitrogens with one attached hydrogen (secondary N) is 1. The van der Waals surface area contributed by atoms with Crippen molar-refractivity contribution in [2.75, 3.05) is 29.0 Å². The number of hydrogen-bond donors (Lipinski definition) is 2. The fourth-order valence-electron chi connectivity index (χ4n) is 2.70. The average molecular weight is 434 g/mol. The molecule has 1 aromatic heterocycles. The number of nitrogen functional groups attached to an aromatic ring is 1. The lowest BCUT2D eigenvalue weighted by Crippen LogP contribution is -2.37. The summed E-state index contributed by atoms with van der Waals surface area (Å²) in [4.78, 5) is 18.4. The first kappa shape index (κ1) is 20.5. The summed E-state index contributed by atoms with van der Waals surface area (Å²) in [6.45, 7) is 1.16. The lowest BCUT2D eigenvalue weighted by molar-refractivity contribution is -0.115. The molecule has 1 amide bonds. The van der Waals surface area contributed by atoms with E-state index in [0.29, 0.717) is 12.4 Å². The van der Waals surface area contributed by atoms with Crippen LogP contribution >= 0.6 is 40.7 Å². The highest BCUT2D eigenvalue weighted by molar-refractivity contribution is 9.10. The third kappa shape index (κ3) is 4.75. The van der Waals surface area contributed by atoms with Gasteiger partial charge in [0, 0.05) is 28.6 Å². The van der Waals surface area contributed by atoms with Gasteiger partial charge in [-0.2, -0.15) is 0 Å². The van der Waals surface area contributed by atoms with Crippen LogP contribution in [0.1, 0.15) is 12.0 Å². The van der Waals surface area contributed by atoms with Crippen LogP contribution in [-0.2, 0) is 11.2 Å². The van der Waals surface area contributed by atoms with Gasteiger partial charge in [-0.3, -0.25) is 4.79 Å². The van der Waals surface area contributed by atoms with Crippen LogP contribution in [0.3, 0.4) is 0 Å². The van der Waals surface area contributed by atoms with Crippen molar-refractivity contribution in [2.24, 2.45) is 0 Å². The van der Waals surface area contributed by atoms with Crippen molar-refractivity contribution < 1.29 is 4.79 Å². The first-order valence-corrected chi connectivity index (χ1v) is 7.96. The van der Waals surface area contributed by atoms with Crippen LogP contribution in [0.2, 0.25) is 0 Å². The number of fused-ring (bicyclic) bond motifs is 1. The van der Waals surface area contributed by atoms with Gasteiger partial charge in [0.2, 0.25) is 5.91 Å². The van der Waals surface area contributed by atoms with E-state index in [1.54, 1.807) is 12.3 Å². The van der Waals surface area contributed by atoms with Gasteiger partial charge >= 0.3 is 0 Å². The van der Waals surface area contributed by atoms with E-state index in [9.17, 15) is 4.79 Å². The molecule has 2 heterocycles. The van der Waals surface area contributed by atoms with E-state index in [1.165, 1.54) is 0 Å². The van der Waals surface area contributed by atoms with Crippen LogP contribution in [0.25, 0.3) is 0 Å². The lowest BCUT2D eigenvalue weighted by atomic mass is 10.00. The van der Waals surface area contributed by atoms with E-state index in [2.05, 4.69) is 31.1 Å². The van der Waals surface area contributed by atoms with Crippen molar-refractivity contribution in [3.63, 3.8) is 0 Å². The van der Waals surface area contributed by atoms with Crippen molar-refractivity contribution in [1.82, 2.24) is 4.98 Å². The summed E-state index contributed by atoms with van der Waals surface area (Å²) in [6.07, 6.45) is 3.63. The van der Waals surface area contributed by atoms with Gasteiger partial charge in [-0.15, -0.1) is 24.8 Å². The number of pyridine rings is 1. The minimum atomic E-state index is -0.0786. The van der Waals surface area contributed by atoms with Crippen LogP contribution in [0.5, 0.6) is 0 Å². The zero-order valence-corrected chi connectivity index (χ0v) is 16.1. The lowest BCUT2D eigenvalue weighted by Gasteiger charge is -2.31. The molecule has 1 aromatic carbocycles. The monoisotopic (exact) mass is 432 g/mol. The smallest absolute Gasteiger partial charge is 0.245 e. The highest BCUT2D eigenvalue weighted by atomic mass is 79.9. The van der Waals surface area contributed by atoms with Crippen LogP contribution in [0, 0.1) is 0 Å². The van der Waals surface area contributed by atoms with Gasteiger partial charge in [-0.1, -0.05) is 6.07 Å². The Morgan fingerprint density at radius 1 is 1.29 bits per heavy atom. The molecule has 0 unspecified atom stereocenters. The Morgan fingerprint density at radius 3 is 2.79 bits per heavy atom. The number of halogens is 3. The summed E-state index contributed by atoms with van der Waals surface area (Å²) in [6, 6.07) is 9.48. The Kier molecular flexibility index (Phi) is 7.79. The molecule has 130 valence electrons. The molecule has 0 spiro atoms. The number of hydrogen-bond acceptors (Lipinski definition) is 4. The summed E-state index contributed by atoms with van der Waals surface area (Å²) in [7, 11) is 0. The molecule has 5 nitrogen and oxygen atoms in total. The Labute approximate surface area is 162 Å². The summed E-state index contributed by atoms with van der Waals surface area (Å²) >= 11 is 3.32. The highest BCUT2D eigenvalue weighted by Crippen LogP contribution is 2.30. The number of rotatable bonds is 3. The Morgan fingerprint density at radius 2 is 2.08 bits per heavy atom. The number of nitrogens with zero attached hydrogens (tertiary/aromatic N) is 2. The zero-order valence-electron chi connectivity index (χ0n) is 12.9. The fourth-order valence-corrected chi connectivity index (χ4v) is 2.93. The maximum Gasteiger partial charge on any atom is 0.245 e. The van der Waals surface area contributed by atoms with Gasteiger partial charge in [0.15, 0.2) is 0 Å².